The molecule has 1 atom stereocenters. The van der Waals surface area contributed by atoms with E-state index < -0.39 is 0 Å². The number of ketones is 1. The van der Waals surface area contributed by atoms with Gasteiger partial charge in [0.25, 0.3) is 0 Å². The Morgan fingerprint density at radius 2 is 2.03 bits per heavy atom. The van der Waals surface area contributed by atoms with Gasteiger partial charge in [0.05, 0.1) is 23.9 Å². The Morgan fingerprint density at radius 3 is 2.70 bits per heavy atom. The molecule has 3 heterocycles. The summed E-state index contributed by atoms with van der Waals surface area (Å²) in [4.78, 5) is 29.1. The van der Waals surface area contributed by atoms with Gasteiger partial charge in [0.15, 0.2) is 0 Å². The molecule has 3 rings (SSSR count). The average Bonchev–Trinajstić information content (AvgIpc) is 3.07. The van der Waals surface area contributed by atoms with Crippen molar-refractivity contribution in [1.29, 1.82) is 0 Å². The third-order valence-electron chi connectivity index (χ3n) is 4.74. The Hall–Kier alpha value is -2.29. The second-order valence-electron chi connectivity index (χ2n) is 7.17. The number of Topliss-reactive ketones (excluding diaryl/α,β-unsaturated/α-hetero) is 1. The zero-order valence-electron chi connectivity index (χ0n) is 17.7. The van der Waals surface area contributed by atoms with Crippen molar-refractivity contribution in [3.63, 3.8) is 0 Å². The molecule has 0 amide bonds. The summed E-state index contributed by atoms with van der Waals surface area (Å²) >= 11 is 7.68. The van der Waals surface area contributed by atoms with Crippen molar-refractivity contribution in [3.8, 4) is 5.88 Å². The number of ether oxygens (including phenoxy) is 2. The molecule has 0 fully saturated rings. The van der Waals surface area contributed by atoms with Crippen LogP contribution in [0.2, 0.25) is 5.02 Å². The molecule has 0 saturated heterocycles. The van der Waals surface area contributed by atoms with E-state index in [1.54, 1.807) is 36.9 Å². The fourth-order valence-corrected chi connectivity index (χ4v) is 4.36. The zero-order valence-corrected chi connectivity index (χ0v) is 19.3. The zero-order chi connectivity index (χ0) is 21.8. The highest BCUT2D eigenvalue weighted by Crippen LogP contribution is 2.32. The molecule has 30 heavy (non-hydrogen) atoms. The van der Waals surface area contributed by atoms with Crippen LogP contribution in [0.4, 0.5) is 5.69 Å². The van der Waals surface area contributed by atoms with Crippen LogP contribution in [0.15, 0.2) is 18.5 Å². The van der Waals surface area contributed by atoms with Crippen molar-refractivity contribution < 1.29 is 14.3 Å². The van der Waals surface area contributed by atoms with Crippen LogP contribution in [-0.2, 0) is 22.4 Å². The Labute approximate surface area is 185 Å². The van der Waals surface area contributed by atoms with Crippen molar-refractivity contribution in [1.82, 2.24) is 15.0 Å². The molecule has 160 valence electrons. The minimum atomic E-state index is 0.0361. The maximum atomic E-state index is 12.9. The summed E-state index contributed by atoms with van der Waals surface area (Å²) in [5.74, 6) is 0.387. The van der Waals surface area contributed by atoms with E-state index in [1.165, 1.54) is 7.11 Å². The fourth-order valence-electron chi connectivity index (χ4n) is 3.33. The molecule has 0 spiro atoms. The highest BCUT2D eigenvalue weighted by atomic mass is 35.5. The SMILES string of the molecule is COc1ncc(CC(=O)Cc2cnc3sc(C)nc3c2N(C)CC(C)OC)cc1Cl. The van der Waals surface area contributed by atoms with Crippen LogP contribution in [-0.4, -0.2) is 54.7 Å². The molecule has 0 aromatic carbocycles. The van der Waals surface area contributed by atoms with Gasteiger partial charge >= 0.3 is 0 Å². The Bertz CT molecular complexity index is 1060. The Morgan fingerprint density at radius 1 is 1.27 bits per heavy atom. The van der Waals surface area contributed by atoms with Crippen LogP contribution in [0.1, 0.15) is 23.1 Å². The molecule has 3 aromatic heterocycles. The smallest absolute Gasteiger partial charge is 0.232 e. The summed E-state index contributed by atoms with van der Waals surface area (Å²) in [5.41, 5.74) is 3.33. The van der Waals surface area contributed by atoms with E-state index in [2.05, 4.69) is 19.9 Å². The van der Waals surface area contributed by atoms with E-state index in [0.717, 1.165) is 32.2 Å². The van der Waals surface area contributed by atoms with Crippen LogP contribution >= 0.6 is 22.9 Å². The molecule has 1 unspecified atom stereocenters. The summed E-state index contributed by atoms with van der Waals surface area (Å²) < 4.78 is 10.5. The van der Waals surface area contributed by atoms with E-state index in [1.807, 2.05) is 20.9 Å². The van der Waals surface area contributed by atoms with Crippen molar-refractivity contribution in [2.45, 2.75) is 32.8 Å². The maximum absolute atomic E-state index is 12.9. The number of hydrogen-bond donors (Lipinski definition) is 0. The molecule has 0 bridgehead atoms. The maximum Gasteiger partial charge on any atom is 0.232 e. The standard InChI is InChI=1S/C21H25ClN4O3S/c1-12(28-4)11-26(3)19-15(10-24-21-18(19)25-13(2)30-21)8-16(27)6-14-7-17(22)20(29-5)23-9-14/h7,9-10,12H,6,8,11H2,1-5H3. The first-order valence-corrected chi connectivity index (χ1v) is 10.7. The van der Waals surface area contributed by atoms with Gasteiger partial charge in [0, 0.05) is 51.5 Å². The van der Waals surface area contributed by atoms with Crippen LogP contribution in [0.25, 0.3) is 10.3 Å². The van der Waals surface area contributed by atoms with E-state index in [4.69, 9.17) is 21.1 Å². The summed E-state index contributed by atoms with van der Waals surface area (Å²) in [5, 5.41) is 1.33. The molecule has 0 aliphatic rings. The van der Waals surface area contributed by atoms with E-state index in [-0.39, 0.29) is 24.7 Å². The van der Waals surface area contributed by atoms with Crippen molar-refractivity contribution in [2.24, 2.45) is 0 Å². The first-order valence-electron chi connectivity index (χ1n) is 9.51. The predicted octanol–water partition coefficient (Wildman–Crippen LogP) is 3.88. The number of halogens is 1. The lowest BCUT2D eigenvalue weighted by Gasteiger charge is -2.25. The molecule has 3 aromatic rings. The molecule has 0 saturated carbocycles. The second kappa shape index (κ2) is 9.68. The number of aryl methyl sites for hydroxylation is 1. The quantitative estimate of drug-likeness (QED) is 0.491. The summed E-state index contributed by atoms with van der Waals surface area (Å²) in [7, 11) is 5.18. The highest BCUT2D eigenvalue weighted by molar-refractivity contribution is 7.18. The van der Waals surface area contributed by atoms with Gasteiger partial charge in [-0.3, -0.25) is 4.79 Å². The van der Waals surface area contributed by atoms with Gasteiger partial charge in [0.1, 0.15) is 21.2 Å². The van der Waals surface area contributed by atoms with Gasteiger partial charge in [-0.1, -0.05) is 22.9 Å². The lowest BCUT2D eigenvalue weighted by molar-refractivity contribution is -0.117. The van der Waals surface area contributed by atoms with E-state index >= 15 is 0 Å². The van der Waals surface area contributed by atoms with Crippen molar-refractivity contribution in [2.75, 3.05) is 32.7 Å². The van der Waals surface area contributed by atoms with Crippen LogP contribution in [0.5, 0.6) is 5.88 Å². The average molecular weight is 449 g/mol. The minimum Gasteiger partial charge on any atom is -0.480 e. The van der Waals surface area contributed by atoms with Gasteiger partial charge in [-0.15, -0.1) is 0 Å². The van der Waals surface area contributed by atoms with E-state index in [9.17, 15) is 4.79 Å². The lowest BCUT2D eigenvalue weighted by atomic mass is 10.0. The molecule has 0 aliphatic heterocycles. The van der Waals surface area contributed by atoms with Crippen LogP contribution in [0.3, 0.4) is 0 Å². The monoisotopic (exact) mass is 448 g/mol. The number of rotatable bonds is 9. The van der Waals surface area contributed by atoms with Gasteiger partial charge in [0.2, 0.25) is 5.88 Å². The Kier molecular flexibility index (Phi) is 7.23. The first kappa shape index (κ1) is 22.4. The minimum absolute atomic E-state index is 0.0361. The number of fused-ring (bicyclic) bond motifs is 1. The van der Waals surface area contributed by atoms with Crippen molar-refractivity contribution in [3.05, 3.63) is 39.6 Å². The third-order valence-corrected chi connectivity index (χ3v) is 5.89. The third kappa shape index (κ3) is 5.06. The molecular formula is C21H25ClN4O3S. The second-order valence-corrected chi connectivity index (χ2v) is 8.76. The number of hydrogen-bond acceptors (Lipinski definition) is 8. The summed E-state index contributed by atoms with van der Waals surface area (Å²) in [6, 6.07) is 1.71. The number of nitrogens with zero attached hydrogens (tertiary/aromatic N) is 4. The summed E-state index contributed by atoms with van der Waals surface area (Å²) in [6.45, 7) is 4.64. The van der Waals surface area contributed by atoms with Gasteiger partial charge in [-0.05, 0) is 25.5 Å². The summed E-state index contributed by atoms with van der Waals surface area (Å²) in [6.07, 6.45) is 3.89. The number of carbonyl (C=O) groups is 1. The molecule has 0 N–H and O–H groups in total. The predicted molar refractivity (Wildman–Crippen MR) is 120 cm³/mol. The Balaban J connectivity index is 1.88. The van der Waals surface area contributed by atoms with Crippen LogP contribution < -0.4 is 9.64 Å². The molecule has 0 aliphatic carbocycles. The molecule has 9 heteroatoms. The highest BCUT2D eigenvalue weighted by Gasteiger charge is 2.20. The first-order chi connectivity index (χ1) is 14.3. The number of anilines is 1. The largest absolute Gasteiger partial charge is 0.480 e. The number of thiazole rings is 1. The van der Waals surface area contributed by atoms with E-state index in [0.29, 0.717) is 17.4 Å². The van der Waals surface area contributed by atoms with Gasteiger partial charge in [-0.25, -0.2) is 15.0 Å². The van der Waals surface area contributed by atoms with Crippen LogP contribution in [0, 0.1) is 6.92 Å². The molecule has 0 radical (unpaired) electrons. The number of methoxy groups -OCH3 is 2. The molecular weight excluding hydrogens is 424 g/mol. The van der Waals surface area contributed by atoms with Crippen molar-refractivity contribution >= 4 is 44.8 Å². The number of pyridine rings is 2. The fraction of sp³-hybridized carbons (Fsp3) is 0.429. The number of aromatic nitrogens is 3. The molecule has 7 nitrogen and oxygen atoms in total. The number of carbonyl (C=O) groups excluding carboxylic acids is 1. The van der Waals surface area contributed by atoms with Gasteiger partial charge in [-0.2, -0.15) is 0 Å². The van der Waals surface area contributed by atoms with Gasteiger partial charge < -0.3 is 14.4 Å². The lowest BCUT2D eigenvalue weighted by Crippen LogP contribution is -2.29. The normalized spacial score (nSPS) is 12.2. The number of likely N-dealkylation sites (N-methyl/N-ethyl adjacent to an activating group) is 1. The topological polar surface area (TPSA) is 77.4 Å².